The van der Waals surface area contributed by atoms with E-state index in [1.165, 1.54) is 6.42 Å². The number of rotatable bonds is 2. The Morgan fingerprint density at radius 2 is 2.11 bits per heavy atom. The third-order valence-corrected chi connectivity index (χ3v) is 3.92. The SMILES string of the molecule is CC(C)n1c(C2CCCN2)cc(=O)c2ccccc21. The van der Waals surface area contributed by atoms with Gasteiger partial charge < -0.3 is 9.88 Å². The summed E-state index contributed by atoms with van der Waals surface area (Å²) in [5.74, 6) is 0. The van der Waals surface area contributed by atoms with E-state index >= 15 is 0 Å². The fraction of sp³-hybridized carbons (Fsp3) is 0.438. The van der Waals surface area contributed by atoms with Crippen molar-refractivity contribution in [3.63, 3.8) is 0 Å². The third kappa shape index (κ3) is 2.08. The van der Waals surface area contributed by atoms with Gasteiger partial charge in [0.15, 0.2) is 5.43 Å². The molecular weight excluding hydrogens is 236 g/mol. The zero-order valence-corrected chi connectivity index (χ0v) is 11.5. The highest BCUT2D eigenvalue weighted by Crippen LogP contribution is 2.27. The molecule has 1 unspecified atom stereocenters. The highest BCUT2D eigenvalue weighted by atomic mass is 16.1. The summed E-state index contributed by atoms with van der Waals surface area (Å²) in [5.41, 5.74) is 2.32. The molecule has 2 aromatic rings. The Hall–Kier alpha value is -1.61. The van der Waals surface area contributed by atoms with Gasteiger partial charge in [0.25, 0.3) is 0 Å². The molecule has 1 aliphatic heterocycles. The monoisotopic (exact) mass is 256 g/mol. The van der Waals surface area contributed by atoms with Crippen molar-refractivity contribution < 1.29 is 0 Å². The molecule has 19 heavy (non-hydrogen) atoms. The van der Waals surface area contributed by atoms with Crippen LogP contribution in [0.2, 0.25) is 0 Å². The van der Waals surface area contributed by atoms with Crippen molar-refractivity contribution in [2.24, 2.45) is 0 Å². The lowest BCUT2D eigenvalue weighted by Gasteiger charge is -2.24. The summed E-state index contributed by atoms with van der Waals surface area (Å²) in [4.78, 5) is 12.3. The Morgan fingerprint density at radius 3 is 2.79 bits per heavy atom. The molecule has 1 aromatic heterocycles. The molecule has 3 rings (SSSR count). The van der Waals surface area contributed by atoms with Crippen molar-refractivity contribution >= 4 is 10.9 Å². The molecule has 1 fully saturated rings. The second kappa shape index (κ2) is 4.82. The fourth-order valence-electron chi connectivity index (χ4n) is 3.09. The Kier molecular flexibility index (Phi) is 3.15. The average Bonchev–Trinajstić information content (AvgIpc) is 2.92. The van der Waals surface area contributed by atoms with Crippen LogP contribution in [0.3, 0.4) is 0 Å². The summed E-state index contributed by atoms with van der Waals surface area (Å²) < 4.78 is 2.31. The van der Waals surface area contributed by atoms with E-state index in [9.17, 15) is 4.79 Å². The maximum absolute atomic E-state index is 12.3. The molecule has 3 heteroatoms. The van der Waals surface area contributed by atoms with E-state index in [0.29, 0.717) is 12.1 Å². The van der Waals surface area contributed by atoms with Gasteiger partial charge in [0.05, 0.1) is 5.52 Å². The summed E-state index contributed by atoms with van der Waals surface area (Å²) >= 11 is 0. The first-order valence-corrected chi connectivity index (χ1v) is 7.06. The number of nitrogens with zero attached hydrogens (tertiary/aromatic N) is 1. The summed E-state index contributed by atoms with van der Waals surface area (Å²) in [6, 6.07) is 10.4. The van der Waals surface area contributed by atoms with Gasteiger partial charge in [-0.2, -0.15) is 0 Å². The smallest absolute Gasteiger partial charge is 0.189 e. The lowest BCUT2D eigenvalue weighted by molar-refractivity contribution is 0.525. The molecule has 1 atom stereocenters. The molecule has 0 amide bonds. The van der Waals surface area contributed by atoms with Crippen molar-refractivity contribution in [3.05, 3.63) is 46.2 Å². The summed E-state index contributed by atoms with van der Waals surface area (Å²) in [5, 5.41) is 4.32. The van der Waals surface area contributed by atoms with Gasteiger partial charge in [-0.25, -0.2) is 0 Å². The average molecular weight is 256 g/mol. The van der Waals surface area contributed by atoms with Crippen molar-refractivity contribution in [3.8, 4) is 0 Å². The predicted octanol–water partition coefficient (Wildman–Crippen LogP) is 3.01. The van der Waals surface area contributed by atoms with E-state index in [0.717, 1.165) is 29.6 Å². The van der Waals surface area contributed by atoms with Gasteiger partial charge in [-0.05, 0) is 45.4 Å². The predicted molar refractivity (Wildman–Crippen MR) is 78.6 cm³/mol. The summed E-state index contributed by atoms with van der Waals surface area (Å²) in [6.45, 7) is 5.40. The Labute approximate surface area is 113 Å². The molecule has 3 nitrogen and oxygen atoms in total. The largest absolute Gasteiger partial charge is 0.340 e. The lowest BCUT2D eigenvalue weighted by atomic mass is 10.1. The van der Waals surface area contributed by atoms with Crippen molar-refractivity contribution in [1.82, 2.24) is 9.88 Å². The van der Waals surface area contributed by atoms with Crippen LogP contribution in [0.15, 0.2) is 35.1 Å². The highest BCUT2D eigenvalue weighted by molar-refractivity contribution is 5.79. The molecule has 1 aliphatic rings. The van der Waals surface area contributed by atoms with Crippen LogP contribution >= 0.6 is 0 Å². The second-order valence-corrected chi connectivity index (χ2v) is 5.56. The molecule has 100 valence electrons. The van der Waals surface area contributed by atoms with Crippen LogP contribution in [0.5, 0.6) is 0 Å². The number of pyridine rings is 1. The Balaban J connectivity index is 2.31. The minimum Gasteiger partial charge on any atom is -0.340 e. The normalized spacial score (nSPS) is 19.4. The molecule has 2 heterocycles. The van der Waals surface area contributed by atoms with Crippen LogP contribution in [0, 0.1) is 0 Å². The highest BCUT2D eigenvalue weighted by Gasteiger charge is 2.22. The van der Waals surface area contributed by atoms with Gasteiger partial charge >= 0.3 is 0 Å². The van der Waals surface area contributed by atoms with Gasteiger partial charge in [-0.3, -0.25) is 4.79 Å². The molecule has 0 saturated carbocycles. The Bertz CT molecular complexity index is 651. The van der Waals surface area contributed by atoms with Crippen LogP contribution in [0.25, 0.3) is 10.9 Å². The van der Waals surface area contributed by atoms with E-state index in [1.54, 1.807) is 0 Å². The fourth-order valence-corrected chi connectivity index (χ4v) is 3.09. The standard InChI is InChI=1S/C16H20N2O/c1-11(2)18-14-8-4-3-6-12(14)16(19)10-15(18)13-7-5-9-17-13/h3-4,6,8,10-11,13,17H,5,7,9H2,1-2H3. The van der Waals surface area contributed by atoms with E-state index in [1.807, 2.05) is 24.3 Å². The maximum atomic E-state index is 12.3. The second-order valence-electron chi connectivity index (χ2n) is 5.56. The third-order valence-electron chi connectivity index (χ3n) is 3.92. The molecule has 1 aromatic carbocycles. The Morgan fingerprint density at radius 1 is 1.32 bits per heavy atom. The number of hydrogen-bond donors (Lipinski definition) is 1. The number of benzene rings is 1. The lowest BCUT2D eigenvalue weighted by Crippen LogP contribution is -2.23. The first kappa shape index (κ1) is 12.4. The quantitative estimate of drug-likeness (QED) is 0.896. The summed E-state index contributed by atoms with van der Waals surface area (Å²) in [7, 11) is 0. The zero-order valence-electron chi connectivity index (χ0n) is 11.5. The van der Waals surface area contributed by atoms with Gasteiger partial charge in [-0.15, -0.1) is 0 Å². The van der Waals surface area contributed by atoms with E-state index in [2.05, 4.69) is 29.8 Å². The number of nitrogens with one attached hydrogen (secondary N) is 1. The minimum absolute atomic E-state index is 0.135. The number of aromatic nitrogens is 1. The van der Waals surface area contributed by atoms with Gasteiger partial charge in [0.1, 0.15) is 0 Å². The van der Waals surface area contributed by atoms with Crippen molar-refractivity contribution in [2.75, 3.05) is 6.54 Å². The van der Waals surface area contributed by atoms with Crippen LogP contribution < -0.4 is 10.7 Å². The first-order chi connectivity index (χ1) is 9.18. The van der Waals surface area contributed by atoms with Gasteiger partial charge in [0.2, 0.25) is 0 Å². The van der Waals surface area contributed by atoms with E-state index in [-0.39, 0.29) is 5.43 Å². The van der Waals surface area contributed by atoms with Crippen LogP contribution in [0.1, 0.15) is 44.5 Å². The molecular formula is C16H20N2O. The van der Waals surface area contributed by atoms with Crippen LogP contribution in [-0.4, -0.2) is 11.1 Å². The van der Waals surface area contributed by atoms with Crippen molar-refractivity contribution in [1.29, 1.82) is 0 Å². The molecule has 0 spiro atoms. The maximum Gasteiger partial charge on any atom is 0.189 e. The molecule has 0 bridgehead atoms. The topological polar surface area (TPSA) is 34.0 Å². The number of hydrogen-bond acceptors (Lipinski definition) is 2. The van der Waals surface area contributed by atoms with Crippen molar-refractivity contribution in [2.45, 2.75) is 38.8 Å². The van der Waals surface area contributed by atoms with Gasteiger partial charge in [-0.1, -0.05) is 12.1 Å². The summed E-state index contributed by atoms with van der Waals surface area (Å²) in [6.07, 6.45) is 2.30. The number of fused-ring (bicyclic) bond motifs is 1. The van der Waals surface area contributed by atoms with Gasteiger partial charge in [0, 0.05) is 29.2 Å². The molecule has 1 saturated heterocycles. The van der Waals surface area contributed by atoms with Crippen LogP contribution in [-0.2, 0) is 0 Å². The van der Waals surface area contributed by atoms with E-state index < -0.39 is 0 Å². The molecule has 1 N–H and O–H groups in total. The first-order valence-electron chi connectivity index (χ1n) is 7.06. The van der Waals surface area contributed by atoms with E-state index in [4.69, 9.17) is 0 Å². The molecule has 0 radical (unpaired) electrons. The number of para-hydroxylation sites is 1. The minimum atomic E-state index is 0.135. The molecule has 0 aliphatic carbocycles. The van der Waals surface area contributed by atoms with Crippen LogP contribution in [0.4, 0.5) is 0 Å². The zero-order chi connectivity index (χ0) is 13.4.